The molecule has 3 aromatic carbocycles. The summed E-state index contributed by atoms with van der Waals surface area (Å²) in [5.41, 5.74) is 0.816. The van der Waals surface area contributed by atoms with Crippen LogP contribution in [-0.4, -0.2) is 44.8 Å². The van der Waals surface area contributed by atoms with E-state index in [-0.39, 0.29) is 23.0 Å². The number of likely N-dealkylation sites (N-methyl/N-ethyl adjacent to an activating group) is 1. The van der Waals surface area contributed by atoms with E-state index in [1.807, 2.05) is 0 Å². The van der Waals surface area contributed by atoms with Crippen LogP contribution >= 0.6 is 34.8 Å². The fourth-order valence-corrected chi connectivity index (χ4v) is 5.70. The zero-order valence-electron chi connectivity index (χ0n) is 20.2. The number of nitrogens with zero attached hydrogens (tertiary/aromatic N) is 2. The molecule has 0 aliphatic heterocycles. The van der Waals surface area contributed by atoms with Crippen LogP contribution in [0.4, 0.5) is 5.69 Å². The molecule has 1 N–H and O–H groups in total. The molecule has 0 aliphatic carbocycles. The van der Waals surface area contributed by atoms with Crippen molar-refractivity contribution in [3.8, 4) is 0 Å². The van der Waals surface area contributed by atoms with Gasteiger partial charge in [-0.2, -0.15) is 0 Å². The summed E-state index contributed by atoms with van der Waals surface area (Å²) in [5.74, 6) is -0.967. The number of hydrogen-bond donors (Lipinski definition) is 1. The monoisotopic (exact) mass is 581 g/mol. The van der Waals surface area contributed by atoms with Gasteiger partial charge in [0.15, 0.2) is 0 Å². The van der Waals surface area contributed by atoms with Gasteiger partial charge in [-0.3, -0.25) is 13.9 Å². The van der Waals surface area contributed by atoms with Crippen LogP contribution in [0.15, 0.2) is 77.7 Å². The number of sulfonamides is 1. The largest absolute Gasteiger partial charge is 0.357 e. The first-order valence-electron chi connectivity index (χ1n) is 11.4. The van der Waals surface area contributed by atoms with Gasteiger partial charge in [0, 0.05) is 28.7 Å². The second-order valence-electron chi connectivity index (χ2n) is 8.10. The van der Waals surface area contributed by atoms with Crippen molar-refractivity contribution in [2.75, 3.05) is 17.9 Å². The minimum Gasteiger partial charge on any atom is -0.357 e. The van der Waals surface area contributed by atoms with E-state index in [9.17, 15) is 18.0 Å². The number of anilines is 1. The molecular weight excluding hydrogens is 557 g/mol. The molecule has 0 radical (unpaired) electrons. The highest BCUT2D eigenvalue weighted by Gasteiger charge is 2.33. The number of nitrogens with one attached hydrogen (secondary N) is 1. The quantitative estimate of drug-likeness (QED) is 0.347. The summed E-state index contributed by atoms with van der Waals surface area (Å²) in [4.78, 5) is 27.8. The summed E-state index contributed by atoms with van der Waals surface area (Å²) in [6.45, 7) is 1.20. The lowest BCUT2D eigenvalue weighted by Crippen LogP contribution is -2.51. The Hall–Kier alpha value is -2.78. The highest BCUT2D eigenvalue weighted by molar-refractivity contribution is 7.92. The first-order valence-corrected chi connectivity index (χ1v) is 13.9. The fourth-order valence-electron chi connectivity index (χ4n) is 3.79. The van der Waals surface area contributed by atoms with Gasteiger partial charge in [0.25, 0.3) is 10.0 Å². The van der Waals surface area contributed by atoms with Gasteiger partial charge < -0.3 is 10.2 Å². The molecule has 37 heavy (non-hydrogen) atoms. The van der Waals surface area contributed by atoms with Crippen molar-refractivity contribution >= 4 is 62.3 Å². The Labute approximate surface area is 232 Å². The van der Waals surface area contributed by atoms with Gasteiger partial charge in [0.05, 0.1) is 10.6 Å². The number of rotatable bonds is 10. The van der Waals surface area contributed by atoms with Crippen molar-refractivity contribution < 1.29 is 18.0 Å². The van der Waals surface area contributed by atoms with Crippen molar-refractivity contribution in [3.05, 3.63) is 93.4 Å². The molecule has 11 heteroatoms. The highest BCUT2D eigenvalue weighted by atomic mass is 35.5. The molecule has 0 unspecified atom stereocenters. The van der Waals surface area contributed by atoms with Gasteiger partial charge in [-0.1, -0.05) is 66.0 Å². The lowest BCUT2D eigenvalue weighted by Gasteiger charge is -2.33. The molecule has 0 bridgehead atoms. The molecule has 2 amide bonds. The number of hydrogen-bond acceptors (Lipinski definition) is 4. The van der Waals surface area contributed by atoms with Crippen LogP contribution in [0.2, 0.25) is 15.1 Å². The van der Waals surface area contributed by atoms with E-state index < -0.39 is 28.5 Å². The molecular formula is C26H26Cl3N3O4S. The predicted molar refractivity (Wildman–Crippen MR) is 148 cm³/mol. The predicted octanol–water partition coefficient (Wildman–Crippen LogP) is 5.40. The molecule has 3 aromatic rings. The van der Waals surface area contributed by atoms with Crippen molar-refractivity contribution in [3.63, 3.8) is 0 Å². The van der Waals surface area contributed by atoms with Gasteiger partial charge >= 0.3 is 0 Å². The van der Waals surface area contributed by atoms with E-state index in [0.29, 0.717) is 27.1 Å². The second-order valence-corrected chi connectivity index (χ2v) is 11.2. The van der Waals surface area contributed by atoms with Gasteiger partial charge in [-0.15, -0.1) is 0 Å². The van der Waals surface area contributed by atoms with E-state index >= 15 is 0 Å². The number of amides is 2. The van der Waals surface area contributed by atoms with E-state index in [1.165, 1.54) is 42.3 Å². The molecule has 0 fully saturated rings. The number of benzene rings is 3. The SMILES string of the molecule is CC[C@H](C(=O)NC)N(Cc1ccccc1Cl)C(=O)CN(c1cccc(Cl)c1)S(=O)(=O)c1ccc(Cl)cc1. The molecule has 0 saturated carbocycles. The Balaban J connectivity index is 2.07. The standard InChI is InChI=1S/C26H26Cl3N3O4S/c1-3-24(26(34)30-2)31(16-18-7-4-5-10-23(18)29)25(33)17-32(21-9-6-8-20(28)15-21)37(35,36)22-13-11-19(27)12-14-22/h4-15,24H,3,16-17H2,1-2H3,(H,30,34)/t24-/m1/s1. The normalized spacial score (nSPS) is 12.0. The third-order valence-corrected chi connectivity index (χ3v) is 8.35. The number of carbonyl (C=O) groups is 2. The maximum absolute atomic E-state index is 13.8. The summed E-state index contributed by atoms with van der Waals surface area (Å²) >= 11 is 18.5. The number of carbonyl (C=O) groups excluding carboxylic acids is 2. The van der Waals surface area contributed by atoms with Gasteiger partial charge in [-0.25, -0.2) is 8.42 Å². The third-order valence-electron chi connectivity index (χ3n) is 5.71. The zero-order valence-corrected chi connectivity index (χ0v) is 23.3. The molecule has 0 aromatic heterocycles. The van der Waals surface area contributed by atoms with E-state index in [0.717, 1.165) is 4.31 Å². The van der Waals surface area contributed by atoms with Crippen LogP contribution in [0.3, 0.4) is 0 Å². The van der Waals surface area contributed by atoms with Crippen molar-refractivity contribution in [2.45, 2.75) is 30.8 Å². The lowest BCUT2D eigenvalue weighted by molar-refractivity contribution is -0.140. The lowest BCUT2D eigenvalue weighted by atomic mass is 10.1. The summed E-state index contributed by atoms with van der Waals surface area (Å²) in [7, 11) is -2.73. The van der Waals surface area contributed by atoms with Crippen LogP contribution < -0.4 is 9.62 Å². The Morgan fingerprint density at radius 2 is 1.59 bits per heavy atom. The Bertz CT molecular complexity index is 1370. The average Bonchev–Trinajstić information content (AvgIpc) is 2.88. The molecule has 0 saturated heterocycles. The summed E-state index contributed by atoms with van der Waals surface area (Å²) in [6.07, 6.45) is 0.303. The highest BCUT2D eigenvalue weighted by Crippen LogP contribution is 2.28. The second kappa shape index (κ2) is 12.6. The van der Waals surface area contributed by atoms with Gasteiger partial charge in [0.1, 0.15) is 12.6 Å². The third kappa shape index (κ3) is 6.96. The van der Waals surface area contributed by atoms with Crippen LogP contribution in [0, 0.1) is 0 Å². The van der Waals surface area contributed by atoms with Crippen molar-refractivity contribution in [1.82, 2.24) is 10.2 Å². The zero-order chi connectivity index (χ0) is 27.2. The Kier molecular flexibility index (Phi) is 9.84. The molecule has 3 rings (SSSR count). The summed E-state index contributed by atoms with van der Waals surface area (Å²) in [5, 5.41) is 3.67. The molecule has 7 nitrogen and oxygen atoms in total. The van der Waals surface area contributed by atoms with Crippen LogP contribution in [0.1, 0.15) is 18.9 Å². The maximum Gasteiger partial charge on any atom is 0.264 e. The molecule has 196 valence electrons. The summed E-state index contributed by atoms with van der Waals surface area (Å²) in [6, 6.07) is 17.9. The van der Waals surface area contributed by atoms with Crippen LogP contribution in [0.25, 0.3) is 0 Å². The van der Waals surface area contributed by atoms with Crippen LogP contribution in [0.5, 0.6) is 0 Å². The van der Waals surface area contributed by atoms with E-state index in [2.05, 4.69) is 5.32 Å². The summed E-state index contributed by atoms with van der Waals surface area (Å²) < 4.78 is 28.4. The molecule has 1 atom stereocenters. The van der Waals surface area contributed by atoms with Crippen molar-refractivity contribution in [1.29, 1.82) is 0 Å². The maximum atomic E-state index is 13.8. The Morgan fingerprint density at radius 3 is 2.19 bits per heavy atom. The fraction of sp³-hybridized carbons (Fsp3) is 0.231. The minimum absolute atomic E-state index is 0.00874. The molecule has 0 spiro atoms. The van der Waals surface area contributed by atoms with E-state index in [1.54, 1.807) is 49.4 Å². The van der Waals surface area contributed by atoms with Gasteiger partial charge in [0.2, 0.25) is 11.8 Å². The Morgan fingerprint density at radius 1 is 0.919 bits per heavy atom. The number of halogens is 3. The van der Waals surface area contributed by atoms with Gasteiger partial charge in [-0.05, 0) is 60.5 Å². The van der Waals surface area contributed by atoms with Crippen molar-refractivity contribution in [2.24, 2.45) is 0 Å². The molecule has 0 heterocycles. The van der Waals surface area contributed by atoms with E-state index in [4.69, 9.17) is 34.8 Å². The minimum atomic E-state index is -4.21. The topological polar surface area (TPSA) is 86.8 Å². The average molecular weight is 583 g/mol. The van der Waals surface area contributed by atoms with Crippen LogP contribution in [-0.2, 0) is 26.2 Å². The first-order chi connectivity index (χ1) is 17.6. The smallest absolute Gasteiger partial charge is 0.264 e. The first kappa shape index (κ1) is 28.8. The molecule has 0 aliphatic rings.